The van der Waals surface area contributed by atoms with Crippen molar-refractivity contribution in [2.24, 2.45) is 5.73 Å². The van der Waals surface area contributed by atoms with Gasteiger partial charge in [0.05, 0.1) is 32.8 Å². The number of oxazole rings is 1. The molecule has 2 unspecified atom stereocenters. The van der Waals surface area contributed by atoms with Crippen molar-refractivity contribution in [2.45, 2.75) is 73.4 Å². The largest absolute Gasteiger partial charge is 0.444 e. The van der Waals surface area contributed by atoms with Crippen LogP contribution >= 0.6 is 23.1 Å². The summed E-state index contributed by atoms with van der Waals surface area (Å²) in [7, 11) is 0. The lowest BCUT2D eigenvalue weighted by molar-refractivity contribution is -0.384. The van der Waals surface area contributed by atoms with E-state index in [1.165, 1.54) is 12.1 Å². The number of nitrogens with zero attached hydrogens (tertiary/aromatic N) is 3. The number of nitro groups is 1. The molecule has 176 valence electrons. The second-order valence-electron chi connectivity index (χ2n) is 9.54. The molecule has 1 aliphatic rings. The third-order valence-electron chi connectivity index (χ3n) is 5.78. The van der Waals surface area contributed by atoms with Crippen LogP contribution in [-0.2, 0) is 16.7 Å². The monoisotopic (exact) mass is 487 g/mol. The Morgan fingerprint density at radius 1 is 1.30 bits per heavy atom. The van der Waals surface area contributed by atoms with Crippen molar-refractivity contribution in [1.82, 2.24) is 9.97 Å². The number of non-ortho nitro benzene ring substituents is 1. The molecule has 0 bridgehead atoms. The normalized spacial score (nSPS) is 21.2. The number of thiazole rings is 1. The van der Waals surface area contributed by atoms with Gasteiger partial charge in [0.2, 0.25) is 5.89 Å². The Balaban J connectivity index is 1.37. The zero-order chi connectivity index (χ0) is 23.6. The van der Waals surface area contributed by atoms with Crippen molar-refractivity contribution in [2.75, 3.05) is 5.32 Å². The third-order valence-corrected chi connectivity index (χ3v) is 8.17. The number of nitrogens with one attached hydrogen (secondary N) is 1. The number of benzene rings is 1. The van der Waals surface area contributed by atoms with Crippen LogP contribution in [0.5, 0.6) is 0 Å². The first kappa shape index (κ1) is 23.7. The van der Waals surface area contributed by atoms with E-state index in [1.807, 2.05) is 12.4 Å². The van der Waals surface area contributed by atoms with Gasteiger partial charge in [-0.05, 0) is 37.8 Å². The third kappa shape index (κ3) is 5.74. The number of rotatable bonds is 7. The van der Waals surface area contributed by atoms with Crippen LogP contribution in [-0.4, -0.2) is 20.9 Å². The lowest BCUT2D eigenvalue weighted by atomic mass is 9.80. The van der Waals surface area contributed by atoms with Crippen LogP contribution in [0.25, 0.3) is 0 Å². The molecule has 1 saturated carbocycles. The van der Waals surface area contributed by atoms with E-state index >= 15 is 0 Å². The van der Waals surface area contributed by atoms with Crippen LogP contribution in [0, 0.1) is 10.1 Å². The van der Waals surface area contributed by atoms with Gasteiger partial charge in [-0.3, -0.25) is 10.1 Å². The van der Waals surface area contributed by atoms with Crippen LogP contribution in [0.1, 0.15) is 63.1 Å². The van der Waals surface area contributed by atoms with Crippen LogP contribution in [0.3, 0.4) is 0 Å². The maximum absolute atomic E-state index is 10.9. The van der Waals surface area contributed by atoms with Gasteiger partial charge in [0.15, 0.2) is 0 Å². The van der Waals surface area contributed by atoms with Gasteiger partial charge < -0.3 is 15.5 Å². The Morgan fingerprint density at radius 3 is 2.73 bits per heavy atom. The fourth-order valence-corrected chi connectivity index (χ4v) is 5.92. The van der Waals surface area contributed by atoms with E-state index in [0.29, 0.717) is 11.6 Å². The molecule has 0 amide bonds. The number of hydrogen-bond donors (Lipinski definition) is 2. The zero-order valence-corrected chi connectivity index (χ0v) is 20.7. The highest BCUT2D eigenvalue weighted by Crippen LogP contribution is 2.40. The molecular formula is C23H29N5O3S2. The van der Waals surface area contributed by atoms with Gasteiger partial charge in [0.25, 0.3) is 5.69 Å². The summed E-state index contributed by atoms with van der Waals surface area (Å²) < 4.78 is 6.98. The summed E-state index contributed by atoms with van der Waals surface area (Å²) in [5.41, 5.74) is 7.25. The molecule has 2 aromatic heterocycles. The van der Waals surface area contributed by atoms with Gasteiger partial charge >= 0.3 is 0 Å². The topological polar surface area (TPSA) is 120 Å². The molecule has 1 aliphatic carbocycles. The van der Waals surface area contributed by atoms with E-state index in [2.05, 4.69) is 36.1 Å². The molecule has 3 N–H and O–H groups in total. The summed E-state index contributed by atoms with van der Waals surface area (Å²) >= 11 is 3.30. The van der Waals surface area contributed by atoms with E-state index in [-0.39, 0.29) is 17.1 Å². The van der Waals surface area contributed by atoms with E-state index in [4.69, 9.17) is 10.2 Å². The molecule has 2 heterocycles. The molecule has 1 aromatic carbocycles. The highest BCUT2D eigenvalue weighted by molar-refractivity contribution is 8.00. The standard InChI is InChI=1S/C23H29N5O3S2/c1-22(2,3)18-12-25-19(31-18)14-32-20-13-26-21(33-20)23(24)10-4-5-16(11-23)27-15-6-8-17(9-7-15)28(29)30/h6-9,12-13,16,27H,4-5,10-11,14,24H2,1-3H3. The van der Waals surface area contributed by atoms with Gasteiger partial charge in [-0.25, -0.2) is 9.97 Å². The van der Waals surface area contributed by atoms with Crippen LogP contribution in [0.15, 0.2) is 45.3 Å². The minimum absolute atomic E-state index is 0.0560. The van der Waals surface area contributed by atoms with Crippen molar-refractivity contribution in [3.05, 3.63) is 63.4 Å². The van der Waals surface area contributed by atoms with Crippen LogP contribution in [0.2, 0.25) is 0 Å². The summed E-state index contributed by atoms with van der Waals surface area (Å²) in [5.74, 6) is 2.25. The van der Waals surface area contributed by atoms with Crippen molar-refractivity contribution < 1.29 is 9.34 Å². The van der Waals surface area contributed by atoms with Gasteiger partial charge in [0.1, 0.15) is 10.8 Å². The summed E-state index contributed by atoms with van der Waals surface area (Å²) in [6.45, 7) is 6.32. The van der Waals surface area contributed by atoms with Gasteiger partial charge in [-0.15, -0.1) is 23.1 Å². The zero-order valence-electron chi connectivity index (χ0n) is 19.0. The molecule has 33 heavy (non-hydrogen) atoms. The molecule has 0 radical (unpaired) electrons. The number of nitrogens with two attached hydrogens (primary N) is 1. The Morgan fingerprint density at radius 2 is 2.06 bits per heavy atom. The Labute approximate surface area is 201 Å². The maximum Gasteiger partial charge on any atom is 0.269 e. The number of hydrogen-bond acceptors (Lipinski definition) is 9. The molecule has 3 aromatic rings. The first-order valence-electron chi connectivity index (χ1n) is 11.0. The summed E-state index contributed by atoms with van der Waals surface area (Å²) in [5, 5.41) is 15.3. The molecular weight excluding hydrogens is 458 g/mol. The minimum atomic E-state index is -0.484. The van der Waals surface area contributed by atoms with Crippen molar-refractivity contribution >= 4 is 34.5 Å². The highest BCUT2D eigenvalue weighted by atomic mass is 32.2. The van der Waals surface area contributed by atoms with Gasteiger partial charge in [0, 0.05) is 29.3 Å². The SMILES string of the molecule is CC(C)(C)c1cnc(CSc2cnc(C3(N)CCCC(Nc4ccc([N+](=O)[O-])cc4)C3)s2)o1. The maximum atomic E-state index is 10.9. The number of thioether (sulfide) groups is 1. The highest BCUT2D eigenvalue weighted by Gasteiger charge is 2.37. The van der Waals surface area contributed by atoms with Gasteiger partial charge in [-0.1, -0.05) is 20.8 Å². The van der Waals surface area contributed by atoms with E-state index in [0.717, 1.165) is 46.3 Å². The number of nitro benzene ring substituents is 1. The number of aromatic nitrogens is 2. The lowest BCUT2D eigenvalue weighted by Gasteiger charge is -2.37. The molecule has 0 spiro atoms. The average Bonchev–Trinajstić information content (AvgIpc) is 3.43. The van der Waals surface area contributed by atoms with Crippen molar-refractivity contribution in [3.63, 3.8) is 0 Å². The molecule has 10 heteroatoms. The molecule has 2 atom stereocenters. The molecule has 4 rings (SSSR count). The first-order valence-corrected chi connectivity index (χ1v) is 12.8. The number of anilines is 1. The Kier molecular flexibility index (Phi) is 6.78. The first-order chi connectivity index (χ1) is 15.6. The Bertz CT molecular complexity index is 1110. The second kappa shape index (κ2) is 9.44. The Hall–Kier alpha value is -2.43. The molecule has 1 fully saturated rings. The smallest absolute Gasteiger partial charge is 0.269 e. The quantitative estimate of drug-likeness (QED) is 0.242. The predicted octanol–water partition coefficient (Wildman–Crippen LogP) is 5.84. The second-order valence-corrected chi connectivity index (χ2v) is 11.8. The van der Waals surface area contributed by atoms with E-state index in [1.54, 1.807) is 35.2 Å². The van der Waals surface area contributed by atoms with Crippen molar-refractivity contribution in [1.29, 1.82) is 0 Å². The summed E-state index contributed by atoms with van der Waals surface area (Å²) in [4.78, 5) is 19.5. The van der Waals surface area contributed by atoms with Crippen LogP contribution in [0.4, 0.5) is 11.4 Å². The minimum Gasteiger partial charge on any atom is -0.444 e. The predicted molar refractivity (Wildman–Crippen MR) is 132 cm³/mol. The van der Waals surface area contributed by atoms with E-state index < -0.39 is 10.5 Å². The summed E-state index contributed by atoms with van der Waals surface area (Å²) in [6.07, 6.45) is 7.34. The van der Waals surface area contributed by atoms with E-state index in [9.17, 15) is 10.1 Å². The summed E-state index contributed by atoms with van der Waals surface area (Å²) in [6, 6.07) is 6.72. The molecule has 0 aliphatic heterocycles. The van der Waals surface area contributed by atoms with Gasteiger partial charge in [-0.2, -0.15) is 0 Å². The molecule has 8 nitrogen and oxygen atoms in total. The fraction of sp³-hybridized carbons (Fsp3) is 0.478. The average molecular weight is 488 g/mol. The fourth-order valence-electron chi connectivity index (χ4n) is 3.95. The van der Waals surface area contributed by atoms with Crippen molar-refractivity contribution in [3.8, 4) is 0 Å². The van der Waals surface area contributed by atoms with Crippen LogP contribution < -0.4 is 11.1 Å². The lowest BCUT2D eigenvalue weighted by Crippen LogP contribution is -2.45. The molecule has 0 saturated heterocycles.